The lowest BCUT2D eigenvalue weighted by Gasteiger charge is -2.43. The van der Waals surface area contributed by atoms with E-state index in [2.05, 4.69) is 5.32 Å². The fourth-order valence-corrected chi connectivity index (χ4v) is 10.7. The number of hydrogen-bond acceptors (Lipinski definition) is 14. The van der Waals surface area contributed by atoms with Crippen LogP contribution in [0.25, 0.3) is 0 Å². The van der Waals surface area contributed by atoms with E-state index >= 15 is 0 Å². The molecule has 76 heavy (non-hydrogen) atoms. The fourth-order valence-electron chi connectivity index (χ4n) is 10.7. The van der Waals surface area contributed by atoms with E-state index in [1.165, 1.54) is 12.2 Å². The van der Waals surface area contributed by atoms with Crippen LogP contribution in [-0.2, 0) is 73.2 Å². The molecule has 4 rings (SSSR count). The Labute approximate surface area is 452 Å². The van der Waals surface area contributed by atoms with Crippen LogP contribution in [0.2, 0.25) is 0 Å². The monoisotopic (exact) mass is 1070 g/mol. The molecule has 0 unspecified atom stereocenters. The molecule has 0 radical (unpaired) electrons. The number of nitrogens with zero attached hydrogens (tertiary/aromatic N) is 3. The number of carbonyl (C=O) groups is 8. The molecule has 0 aromatic heterocycles. The second kappa shape index (κ2) is 30.9. The van der Waals surface area contributed by atoms with Crippen molar-refractivity contribution in [3.8, 4) is 0 Å². The SMILES string of the molecule is CO[C@H]([C@@H](C)C(=O)C[C@@H](Cc1ccccc1)C(=O)OC(C)(C)C)[C@@H]1CCCN1C(=O)C[C@@H](OC)[C@H](C1CCCCC1)N(C)C(=O)[C@@H](CC(=O)C(C)(C)NC(=O)CCOCCOCCOCCN1C(=O)C=CC1=O)C(C)C. The predicted octanol–water partition coefficient (Wildman–Crippen LogP) is 6.09. The Morgan fingerprint density at radius 2 is 1.36 bits per heavy atom. The molecule has 3 aliphatic rings. The van der Waals surface area contributed by atoms with E-state index in [1.807, 2.05) is 44.2 Å². The highest BCUT2D eigenvalue weighted by molar-refractivity contribution is 6.12. The summed E-state index contributed by atoms with van der Waals surface area (Å²) in [4.78, 5) is 112. The van der Waals surface area contributed by atoms with Gasteiger partial charge in [-0.25, -0.2) is 0 Å². The molecule has 1 aromatic rings. The number of esters is 1. The van der Waals surface area contributed by atoms with E-state index in [-0.39, 0.29) is 125 Å². The lowest BCUT2D eigenvalue weighted by molar-refractivity contribution is -0.161. The van der Waals surface area contributed by atoms with Crippen LogP contribution in [0.4, 0.5) is 0 Å². The highest BCUT2D eigenvalue weighted by Gasteiger charge is 2.45. The zero-order valence-electron chi connectivity index (χ0n) is 47.4. The van der Waals surface area contributed by atoms with E-state index in [0.29, 0.717) is 25.8 Å². The van der Waals surface area contributed by atoms with Crippen molar-refractivity contribution in [1.82, 2.24) is 20.0 Å². The van der Waals surface area contributed by atoms with Crippen LogP contribution in [0.5, 0.6) is 0 Å². The minimum atomic E-state index is -1.28. The van der Waals surface area contributed by atoms with E-state index in [0.717, 1.165) is 42.6 Å². The van der Waals surface area contributed by atoms with Gasteiger partial charge in [0.2, 0.25) is 17.7 Å². The first-order valence-corrected chi connectivity index (χ1v) is 27.5. The topological polar surface area (TPSA) is 214 Å². The van der Waals surface area contributed by atoms with E-state index in [1.54, 1.807) is 72.6 Å². The van der Waals surface area contributed by atoms with Gasteiger partial charge in [-0.15, -0.1) is 0 Å². The largest absolute Gasteiger partial charge is 0.460 e. The number of methoxy groups -OCH3 is 2. The Hall–Kier alpha value is -4.88. The second-order valence-electron chi connectivity index (χ2n) is 22.6. The quantitative estimate of drug-likeness (QED) is 0.0480. The Morgan fingerprint density at radius 3 is 1.93 bits per heavy atom. The molecule has 426 valence electrons. The van der Waals surface area contributed by atoms with Crippen molar-refractivity contribution in [1.29, 1.82) is 0 Å². The maximum Gasteiger partial charge on any atom is 0.310 e. The summed E-state index contributed by atoms with van der Waals surface area (Å²) in [5.74, 6) is -4.61. The van der Waals surface area contributed by atoms with Crippen LogP contribution in [-0.4, -0.2) is 171 Å². The van der Waals surface area contributed by atoms with E-state index in [9.17, 15) is 38.4 Å². The smallest absolute Gasteiger partial charge is 0.310 e. The molecule has 1 saturated heterocycles. The normalized spacial score (nSPS) is 18.8. The number of carbonyl (C=O) groups excluding carboxylic acids is 8. The Morgan fingerprint density at radius 1 is 0.750 bits per heavy atom. The highest BCUT2D eigenvalue weighted by atomic mass is 16.6. The minimum Gasteiger partial charge on any atom is -0.460 e. The molecule has 0 bridgehead atoms. The van der Waals surface area contributed by atoms with Gasteiger partial charge >= 0.3 is 5.97 Å². The first kappa shape index (κ1) is 63.7. The third-order valence-electron chi connectivity index (χ3n) is 15.0. The molecular weight excluding hydrogens is 977 g/mol. The van der Waals surface area contributed by atoms with Gasteiger partial charge in [0.15, 0.2) is 5.78 Å². The third-order valence-corrected chi connectivity index (χ3v) is 15.0. The highest BCUT2D eigenvalue weighted by Crippen LogP contribution is 2.36. The average molecular weight is 1070 g/mol. The Bertz CT molecular complexity index is 2080. The van der Waals surface area contributed by atoms with Gasteiger partial charge in [-0.05, 0) is 84.1 Å². The number of hydrogen-bond donors (Lipinski definition) is 1. The maximum atomic E-state index is 14.8. The summed E-state index contributed by atoms with van der Waals surface area (Å²) < 4.78 is 34.6. The second-order valence-corrected chi connectivity index (χ2v) is 22.6. The number of rotatable bonds is 33. The van der Waals surface area contributed by atoms with Crippen molar-refractivity contribution in [2.45, 2.75) is 168 Å². The number of amides is 5. The van der Waals surface area contributed by atoms with Crippen LogP contribution in [0.1, 0.15) is 132 Å². The first-order valence-electron chi connectivity index (χ1n) is 27.5. The van der Waals surface area contributed by atoms with Gasteiger partial charge in [0.25, 0.3) is 11.8 Å². The first-order chi connectivity index (χ1) is 36.0. The van der Waals surface area contributed by atoms with Gasteiger partial charge in [-0.1, -0.05) is 70.4 Å². The Balaban J connectivity index is 1.34. The number of benzene rings is 1. The van der Waals surface area contributed by atoms with Crippen LogP contribution in [0.15, 0.2) is 42.5 Å². The van der Waals surface area contributed by atoms with Crippen molar-refractivity contribution in [3.05, 3.63) is 48.0 Å². The van der Waals surface area contributed by atoms with Crippen molar-refractivity contribution < 1.29 is 66.8 Å². The van der Waals surface area contributed by atoms with Gasteiger partial charge in [0, 0.05) is 71.1 Å². The van der Waals surface area contributed by atoms with Crippen LogP contribution < -0.4 is 5.32 Å². The van der Waals surface area contributed by atoms with Gasteiger partial charge < -0.3 is 43.5 Å². The van der Waals surface area contributed by atoms with Crippen LogP contribution in [0.3, 0.4) is 0 Å². The van der Waals surface area contributed by atoms with E-state index in [4.69, 9.17) is 28.4 Å². The van der Waals surface area contributed by atoms with Crippen molar-refractivity contribution in [2.24, 2.45) is 29.6 Å². The van der Waals surface area contributed by atoms with Crippen molar-refractivity contribution >= 4 is 47.1 Å². The molecule has 0 spiro atoms. The van der Waals surface area contributed by atoms with Crippen LogP contribution in [0, 0.1) is 29.6 Å². The summed E-state index contributed by atoms with van der Waals surface area (Å²) in [5, 5.41) is 2.83. The molecule has 1 saturated carbocycles. The zero-order valence-corrected chi connectivity index (χ0v) is 47.4. The molecule has 2 fully saturated rings. The molecule has 2 aliphatic heterocycles. The number of nitrogens with one attached hydrogen (secondary N) is 1. The van der Waals surface area contributed by atoms with Crippen molar-refractivity contribution in [2.75, 3.05) is 74.0 Å². The number of likely N-dealkylation sites (N-methyl/N-ethyl adjacent to an activating group) is 1. The summed E-state index contributed by atoms with van der Waals surface area (Å²) in [6, 6.07) is 8.68. The number of likely N-dealkylation sites (tertiary alicyclic amines) is 1. The fraction of sp³-hybridized carbons (Fsp3) is 0.724. The van der Waals surface area contributed by atoms with Crippen molar-refractivity contribution in [3.63, 3.8) is 0 Å². The molecule has 5 amide bonds. The molecule has 1 N–H and O–H groups in total. The van der Waals surface area contributed by atoms with Gasteiger partial charge in [0.05, 0.1) is 88.4 Å². The maximum absolute atomic E-state index is 14.8. The van der Waals surface area contributed by atoms with Crippen LogP contribution >= 0.6 is 0 Å². The minimum absolute atomic E-state index is 0.00496. The summed E-state index contributed by atoms with van der Waals surface area (Å²) in [5.41, 5.74) is -1.09. The molecule has 7 atom stereocenters. The number of imide groups is 1. The number of ether oxygens (including phenoxy) is 6. The molecule has 18 nitrogen and oxygen atoms in total. The lowest BCUT2D eigenvalue weighted by Crippen LogP contribution is -2.55. The lowest BCUT2D eigenvalue weighted by atomic mass is 9.79. The summed E-state index contributed by atoms with van der Waals surface area (Å²) in [7, 11) is 4.88. The predicted molar refractivity (Wildman–Crippen MR) is 285 cm³/mol. The van der Waals surface area contributed by atoms with Gasteiger partial charge in [-0.3, -0.25) is 43.3 Å². The molecule has 18 heteroatoms. The average Bonchev–Trinajstić information content (AvgIpc) is 3.99. The van der Waals surface area contributed by atoms with Gasteiger partial charge in [-0.2, -0.15) is 0 Å². The molecule has 1 aromatic carbocycles. The number of ketones is 2. The van der Waals surface area contributed by atoms with Gasteiger partial charge in [0.1, 0.15) is 11.4 Å². The molecule has 2 heterocycles. The number of Topliss-reactive ketones (excluding diaryl/α,β-unsaturated/α-hetero) is 2. The molecular formula is C58H90N4O14. The third kappa shape index (κ3) is 19.5. The molecule has 1 aliphatic carbocycles. The Kier molecular flexibility index (Phi) is 25.9. The van der Waals surface area contributed by atoms with E-state index < -0.39 is 59.2 Å². The summed E-state index contributed by atoms with van der Waals surface area (Å²) >= 11 is 0. The zero-order chi connectivity index (χ0) is 56.2. The summed E-state index contributed by atoms with van der Waals surface area (Å²) in [6.45, 7) is 16.3. The summed E-state index contributed by atoms with van der Waals surface area (Å²) in [6.07, 6.45) is 7.41. The standard InChI is InChI=1S/C58H90N4O14/c1-39(2)44(37-48(64)58(7,8)59-49(65)26-29-73-31-33-75-34-32-74-30-28-62-50(66)24-25-51(62)67)55(69)60(9)53(42-21-16-13-17-22-42)47(71-10)38-52(68)61-27-18-23-45(61)54(72-11)40(3)46(63)36-43(56(70)76-57(4,5)6)35-41-19-14-12-15-20-41/h12,14-15,19-20,24-25,39-40,42-45,47,53-54H,13,16-18,21-23,26-38H2,1-11H3,(H,59,65)/t40-,43+,44-,45-,47+,53-,54+/m0/s1.